The molecule has 0 aromatic heterocycles. The SMILES string of the molecule is C[C@@H]1CN(C2CCN(C(=O)C3(c4ccc(F)cc4)CC3)CC2)CCO1. The molecule has 5 heteroatoms. The van der Waals surface area contributed by atoms with E-state index in [1.54, 1.807) is 12.1 Å². The van der Waals surface area contributed by atoms with Crippen LogP contribution in [-0.4, -0.2) is 60.6 Å². The molecule has 136 valence electrons. The molecule has 0 radical (unpaired) electrons. The zero-order valence-electron chi connectivity index (χ0n) is 14.9. The number of piperidine rings is 1. The molecule has 2 heterocycles. The standard InChI is InChI=1S/C20H27FN2O2/c1-15-14-23(12-13-25-15)18-6-10-22(11-7-18)19(24)20(8-9-20)16-2-4-17(21)5-3-16/h2-5,15,18H,6-14H2,1H3/t15-/m1/s1. The summed E-state index contributed by atoms with van der Waals surface area (Å²) in [6.07, 6.45) is 4.16. The van der Waals surface area contributed by atoms with Gasteiger partial charge in [0.15, 0.2) is 0 Å². The molecule has 4 rings (SSSR count). The van der Waals surface area contributed by atoms with Gasteiger partial charge in [0.2, 0.25) is 5.91 Å². The van der Waals surface area contributed by atoms with Gasteiger partial charge in [-0.3, -0.25) is 9.69 Å². The summed E-state index contributed by atoms with van der Waals surface area (Å²) < 4.78 is 18.8. The van der Waals surface area contributed by atoms with Crippen molar-refractivity contribution in [2.75, 3.05) is 32.8 Å². The Kier molecular flexibility index (Phi) is 4.54. The highest BCUT2D eigenvalue weighted by atomic mass is 19.1. The number of benzene rings is 1. The maximum atomic E-state index is 13.2. The van der Waals surface area contributed by atoms with Gasteiger partial charge in [-0.25, -0.2) is 4.39 Å². The first kappa shape index (κ1) is 17.0. The van der Waals surface area contributed by atoms with Gasteiger partial charge in [-0.1, -0.05) is 12.1 Å². The van der Waals surface area contributed by atoms with Crippen molar-refractivity contribution >= 4 is 5.91 Å². The van der Waals surface area contributed by atoms with E-state index in [4.69, 9.17) is 4.74 Å². The normalized spacial score (nSPS) is 27.3. The van der Waals surface area contributed by atoms with Crippen LogP contribution in [0.15, 0.2) is 24.3 Å². The third-order valence-corrected chi connectivity index (χ3v) is 6.10. The topological polar surface area (TPSA) is 32.8 Å². The van der Waals surface area contributed by atoms with Crippen LogP contribution in [0.4, 0.5) is 4.39 Å². The van der Waals surface area contributed by atoms with E-state index in [1.165, 1.54) is 12.1 Å². The van der Waals surface area contributed by atoms with Crippen LogP contribution in [0.5, 0.6) is 0 Å². The average Bonchev–Trinajstić information content (AvgIpc) is 3.44. The molecule has 1 atom stereocenters. The van der Waals surface area contributed by atoms with Gasteiger partial charge in [0.1, 0.15) is 5.82 Å². The molecule has 1 aromatic rings. The second-order valence-electron chi connectivity index (χ2n) is 7.79. The Morgan fingerprint density at radius 2 is 1.84 bits per heavy atom. The quantitative estimate of drug-likeness (QED) is 0.843. The molecule has 0 bridgehead atoms. The van der Waals surface area contributed by atoms with Crippen molar-refractivity contribution in [3.63, 3.8) is 0 Å². The molecule has 1 amide bonds. The molecule has 0 spiro atoms. The summed E-state index contributed by atoms with van der Waals surface area (Å²) >= 11 is 0. The van der Waals surface area contributed by atoms with Crippen LogP contribution in [0.3, 0.4) is 0 Å². The highest BCUT2D eigenvalue weighted by molar-refractivity contribution is 5.91. The van der Waals surface area contributed by atoms with E-state index in [1.807, 2.05) is 4.90 Å². The lowest BCUT2D eigenvalue weighted by molar-refractivity contribution is -0.136. The first-order valence-electron chi connectivity index (χ1n) is 9.49. The highest BCUT2D eigenvalue weighted by Gasteiger charge is 2.53. The molecule has 2 aliphatic heterocycles. The number of morpholine rings is 1. The van der Waals surface area contributed by atoms with E-state index < -0.39 is 0 Å². The molecule has 0 N–H and O–H groups in total. The number of rotatable bonds is 3. The number of halogens is 1. The first-order chi connectivity index (χ1) is 12.1. The summed E-state index contributed by atoms with van der Waals surface area (Å²) in [6, 6.07) is 7.06. The Labute approximate surface area is 148 Å². The number of likely N-dealkylation sites (tertiary alicyclic amines) is 1. The third-order valence-electron chi connectivity index (χ3n) is 6.10. The second kappa shape index (κ2) is 6.69. The number of ether oxygens (including phenoxy) is 1. The molecule has 0 unspecified atom stereocenters. The second-order valence-corrected chi connectivity index (χ2v) is 7.79. The zero-order valence-corrected chi connectivity index (χ0v) is 14.9. The van der Waals surface area contributed by atoms with Crippen LogP contribution in [0.2, 0.25) is 0 Å². The number of amides is 1. The van der Waals surface area contributed by atoms with Crippen molar-refractivity contribution in [3.05, 3.63) is 35.6 Å². The third kappa shape index (κ3) is 3.32. The summed E-state index contributed by atoms with van der Waals surface area (Å²) in [4.78, 5) is 17.7. The number of hydrogen-bond donors (Lipinski definition) is 0. The highest BCUT2D eigenvalue weighted by Crippen LogP contribution is 2.50. The molecule has 1 saturated carbocycles. The molecule has 3 fully saturated rings. The first-order valence-corrected chi connectivity index (χ1v) is 9.49. The van der Waals surface area contributed by atoms with Gasteiger partial charge in [0, 0.05) is 32.2 Å². The minimum absolute atomic E-state index is 0.243. The predicted octanol–water partition coefficient (Wildman–Crippen LogP) is 2.57. The minimum Gasteiger partial charge on any atom is -0.376 e. The lowest BCUT2D eigenvalue weighted by Gasteiger charge is -2.42. The Balaban J connectivity index is 1.37. The van der Waals surface area contributed by atoms with Gasteiger partial charge in [-0.2, -0.15) is 0 Å². The fourth-order valence-corrected chi connectivity index (χ4v) is 4.43. The number of hydrogen-bond acceptors (Lipinski definition) is 3. The zero-order chi connectivity index (χ0) is 17.4. The van der Waals surface area contributed by atoms with E-state index in [0.717, 1.165) is 64.0 Å². The Morgan fingerprint density at radius 1 is 1.16 bits per heavy atom. The van der Waals surface area contributed by atoms with E-state index in [0.29, 0.717) is 12.1 Å². The minimum atomic E-state index is -0.381. The predicted molar refractivity (Wildman–Crippen MR) is 93.9 cm³/mol. The van der Waals surface area contributed by atoms with Crippen molar-refractivity contribution in [1.29, 1.82) is 0 Å². The summed E-state index contributed by atoms with van der Waals surface area (Å²) in [5.74, 6) is 0.000423. The van der Waals surface area contributed by atoms with E-state index in [2.05, 4.69) is 11.8 Å². The van der Waals surface area contributed by atoms with Gasteiger partial charge >= 0.3 is 0 Å². The van der Waals surface area contributed by atoms with Crippen molar-refractivity contribution in [2.24, 2.45) is 0 Å². The Bertz CT molecular complexity index is 621. The average molecular weight is 346 g/mol. The van der Waals surface area contributed by atoms with Gasteiger partial charge < -0.3 is 9.64 Å². The molecule has 25 heavy (non-hydrogen) atoms. The maximum absolute atomic E-state index is 13.2. The number of nitrogens with zero attached hydrogens (tertiary/aromatic N) is 2. The van der Waals surface area contributed by atoms with Crippen molar-refractivity contribution in [3.8, 4) is 0 Å². The summed E-state index contributed by atoms with van der Waals surface area (Å²) in [7, 11) is 0. The van der Waals surface area contributed by atoms with Crippen molar-refractivity contribution < 1.29 is 13.9 Å². The molecule has 1 aromatic carbocycles. The van der Waals surface area contributed by atoms with Crippen LogP contribution in [0.25, 0.3) is 0 Å². The molecule has 1 aliphatic carbocycles. The van der Waals surface area contributed by atoms with Crippen LogP contribution < -0.4 is 0 Å². The summed E-state index contributed by atoms with van der Waals surface area (Å²) in [5.41, 5.74) is 0.594. The van der Waals surface area contributed by atoms with E-state index in [9.17, 15) is 9.18 Å². The lowest BCUT2D eigenvalue weighted by Crippen LogP contribution is -2.53. The van der Waals surface area contributed by atoms with E-state index in [-0.39, 0.29) is 17.1 Å². The van der Waals surface area contributed by atoms with Gasteiger partial charge in [-0.15, -0.1) is 0 Å². The van der Waals surface area contributed by atoms with Crippen LogP contribution in [-0.2, 0) is 14.9 Å². The lowest BCUT2D eigenvalue weighted by atomic mass is 9.92. The van der Waals surface area contributed by atoms with Crippen LogP contribution >= 0.6 is 0 Å². The Hall–Kier alpha value is -1.46. The summed E-state index contributed by atoms with van der Waals surface area (Å²) in [5, 5.41) is 0. The number of carbonyl (C=O) groups is 1. The summed E-state index contributed by atoms with van der Waals surface area (Å²) in [6.45, 7) is 6.61. The Morgan fingerprint density at radius 3 is 2.44 bits per heavy atom. The molecular formula is C20H27FN2O2. The van der Waals surface area contributed by atoms with Crippen molar-refractivity contribution in [2.45, 2.75) is 50.2 Å². The largest absolute Gasteiger partial charge is 0.376 e. The smallest absolute Gasteiger partial charge is 0.233 e. The van der Waals surface area contributed by atoms with Crippen LogP contribution in [0.1, 0.15) is 38.2 Å². The molecular weight excluding hydrogens is 319 g/mol. The number of carbonyl (C=O) groups excluding carboxylic acids is 1. The van der Waals surface area contributed by atoms with Gasteiger partial charge in [0.25, 0.3) is 0 Å². The monoisotopic (exact) mass is 346 g/mol. The van der Waals surface area contributed by atoms with Gasteiger partial charge in [-0.05, 0) is 50.3 Å². The fourth-order valence-electron chi connectivity index (χ4n) is 4.43. The molecule has 3 aliphatic rings. The molecule has 2 saturated heterocycles. The van der Waals surface area contributed by atoms with E-state index >= 15 is 0 Å². The molecule has 4 nitrogen and oxygen atoms in total. The van der Waals surface area contributed by atoms with Crippen molar-refractivity contribution in [1.82, 2.24) is 9.80 Å². The van der Waals surface area contributed by atoms with Crippen LogP contribution in [0, 0.1) is 5.82 Å². The van der Waals surface area contributed by atoms with Gasteiger partial charge in [0.05, 0.1) is 18.1 Å². The fraction of sp³-hybridized carbons (Fsp3) is 0.650. The maximum Gasteiger partial charge on any atom is 0.233 e.